The van der Waals surface area contributed by atoms with Crippen molar-refractivity contribution in [3.63, 3.8) is 0 Å². The molecule has 0 aliphatic heterocycles. The van der Waals surface area contributed by atoms with E-state index in [4.69, 9.17) is 33.7 Å². The maximum absolute atomic E-state index is 12.1. The Bertz CT molecular complexity index is 882. The van der Waals surface area contributed by atoms with Crippen LogP contribution in [0.3, 0.4) is 0 Å². The van der Waals surface area contributed by atoms with Gasteiger partial charge in [0.2, 0.25) is 5.91 Å². The molecule has 24 heavy (non-hydrogen) atoms. The summed E-state index contributed by atoms with van der Waals surface area (Å²) in [4.78, 5) is 11.3. The summed E-state index contributed by atoms with van der Waals surface area (Å²) in [6, 6.07) is 9.19. The molecule has 0 spiro atoms. The van der Waals surface area contributed by atoms with Crippen molar-refractivity contribution in [1.29, 1.82) is 0 Å². The van der Waals surface area contributed by atoms with Gasteiger partial charge in [-0.05, 0) is 35.9 Å². The van der Waals surface area contributed by atoms with Crippen molar-refractivity contribution >= 4 is 38.9 Å². The molecule has 0 bridgehead atoms. The fraction of sp³-hybridized carbons (Fsp3) is 0.188. The zero-order valence-electron chi connectivity index (χ0n) is 12.8. The Labute approximate surface area is 150 Å². The molecule has 0 aliphatic rings. The molecule has 0 saturated carbocycles. The Balaban J connectivity index is 2.30. The quantitative estimate of drug-likeness (QED) is 0.821. The number of primary amides is 1. The van der Waals surface area contributed by atoms with Gasteiger partial charge >= 0.3 is 0 Å². The Kier molecular flexibility index (Phi) is 5.74. The van der Waals surface area contributed by atoms with Gasteiger partial charge in [0.05, 0.1) is 26.3 Å². The molecule has 0 unspecified atom stereocenters. The molecule has 8 heteroatoms. The number of carbonyl (C=O) groups excluding carboxylic acids is 1. The molecule has 5 nitrogen and oxygen atoms in total. The number of rotatable bonds is 6. The first-order chi connectivity index (χ1) is 11.2. The second-order valence-corrected chi connectivity index (χ2v) is 8.02. The van der Waals surface area contributed by atoms with Gasteiger partial charge in [0.1, 0.15) is 12.4 Å². The van der Waals surface area contributed by atoms with E-state index in [-0.39, 0.29) is 22.8 Å². The summed E-state index contributed by atoms with van der Waals surface area (Å²) in [6.45, 7) is 1.65. The Morgan fingerprint density at radius 2 is 1.83 bits per heavy atom. The van der Waals surface area contributed by atoms with Crippen molar-refractivity contribution in [2.75, 3.05) is 5.75 Å². The molecule has 2 N–H and O–H groups in total. The number of halogens is 2. The number of nitrogens with two attached hydrogens (primary N) is 1. The van der Waals surface area contributed by atoms with Gasteiger partial charge in [0.25, 0.3) is 0 Å². The first kappa shape index (κ1) is 18.6. The smallest absolute Gasteiger partial charge is 0.250 e. The second kappa shape index (κ2) is 7.42. The molecule has 1 amide bonds. The highest BCUT2D eigenvalue weighted by atomic mass is 35.5. The lowest BCUT2D eigenvalue weighted by atomic mass is 10.2. The third-order valence-corrected chi connectivity index (χ3v) is 5.83. The molecule has 0 radical (unpaired) electrons. The number of ether oxygens (including phenoxy) is 1. The normalized spacial score (nSPS) is 11.3. The lowest BCUT2D eigenvalue weighted by Crippen LogP contribution is -2.17. The summed E-state index contributed by atoms with van der Waals surface area (Å²) >= 11 is 11.8. The molecule has 0 aliphatic carbocycles. The van der Waals surface area contributed by atoms with Crippen LogP contribution in [0, 0.1) is 0 Å². The number of hydrogen-bond acceptors (Lipinski definition) is 4. The maximum Gasteiger partial charge on any atom is 0.250 e. The number of benzene rings is 2. The minimum atomic E-state index is -3.61. The van der Waals surface area contributed by atoms with Gasteiger partial charge in [-0.3, -0.25) is 4.79 Å². The van der Waals surface area contributed by atoms with Crippen LogP contribution in [0.15, 0.2) is 41.3 Å². The average molecular weight is 388 g/mol. The van der Waals surface area contributed by atoms with Crippen molar-refractivity contribution in [2.24, 2.45) is 5.73 Å². The molecule has 0 atom stereocenters. The van der Waals surface area contributed by atoms with Crippen LogP contribution in [0.4, 0.5) is 0 Å². The Morgan fingerprint density at radius 3 is 2.42 bits per heavy atom. The van der Waals surface area contributed by atoms with Crippen LogP contribution in [0.25, 0.3) is 0 Å². The van der Waals surface area contributed by atoms with E-state index >= 15 is 0 Å². The molecule has 2 aromatic carbocycles. The van der Waals surface area contributed by atoms with Gasteiger partial charge in [-0.25, -0.2) is 8.42 Å². The Morgan fingerprint density at radius 1 is 1.12 bits per heavy atom. The zero-order chi connectivity index (χ0) is 17.9. The van der Waals surface area contributed by atoms with E-state index in [0.717, 1.165) is 5.56 Å². The lowest BCUT2D eigenvalue weighted by Gasteiger charge is -2.11. The summed E-state index contributed by atoms with van der Waals surface area (Å²) in [5, 5.41) is 0.832. The minimum Gasteiger partial charge on any atom is -0.489 e. The summed E-state index contributed by atoms with van der Waals surface area (Å²) in [6.07, 6.45) is 0. The fourth-order valence-electron chi connectivity index (χ4n) is 2.00. The van der Waals surface area contributed by atoms with Crippen molar-refractivity contribution in [3.05, 3.63) is 57.6 Å². The van der Waals surface area contributed by atoms with E-state index in [1.165, 1.54) is 25.1 Å². The van der Waals surface area contributed by atoms with Gasteiger partial charge in [-0.2, -0.15) is 0 Å². The van der Waals surface area contributed by atoms with Gasteiger partial charge in [0, 0.05) is 0 Å². The highest BCUT2D eigenvalue weighted by Gasteiger charge is 2.20. The van der Waals surface area contributed by atoms with E-state index < -0.39 is 15.7 Å². The average Bonchev–Trinajstić information content (AvgIpc) is 2.55. The summed E-state index contributed by atoms with van der Waals surface area (Å²) in [7, 11) is -3.61. The highest BCUT2D eigenvalue weighted by Crippen LogP contribution is 2.26. The molecule has 0 heterocycles. The van der Waals surface area contributed by atoms with Crippen LogP contribution in [0.1, 0.15) is 22.8 Å². The van der Waals surface area contributed by atoms with Crippen molar-refractivity contribution < 1.29 is 17.9 Å². The highest BCUT2D eigenvalue weighted by molar-refractivity contribution is 7.91. The van der Waals surface area contributed by atoms with Crippen LogP contribution in [0.2, 0.25) is 10.0 Å². The standard InChI is InChI=1S/C16H15Cl2NO4S/c1-2-24(21,22)15-8-11(4-5-12(15)16(19)20)23-9-10-3-6-13(17)14(18)7-10/h3-8H,2,9H2,1H3,(H2,19,20). The van der Waals surface area contributed by atoms with E-state index in [1.807, 2.05) is 0 Å². The largest absolute Gasteiger partial charge is 0.489 e. The minimum absolute atomic E-state index is 0.0567. The van der Waals surface area contributed by atoms with Crippen LogP contribution in [-0.4, -0.2) is 20.1 Å². The van der Waals surface area contributed by atoms with E-state index in [9.17, 15) is 13.2 Å². The van der Waals surface area contributed by atoms with E-state index in [2.05, 4.69) is 0 Å². The molecule has 0 aromatic heterocycles. The monoisotopic (exact) mass is 387 g/mol. The third kappa shape index (κ3) is 4.20. The van der Waals surface area contributed by atoms with E-state index in [1.54, 1.807) is 18.2 Å². The molecule has 2 rings (SSSR count). The number of carbonyl (C=O) groups is 1. The molecule has 0 fully saturated rings. The number of sulfone groups is 1. The van der Waals surface area contributed by atoms with Gasteiger partial charge in [-0.15, -0.1) is 0 Å². The second-order valence-electron chi connectivity index (χ2n) is 4.96. The van der Waals surface area contributed by atoms with E-state index in [0.29, 0.717) is 15.8 Å². The first-order valence-corrected chi connectivity index (χ1v) is 9.38. The van der Waals surface area contributed by atoms with Gasteiger partial charge < -0.3 is 10.5 Å². The predicted molar refractivity (Wildman–Crippen MR) is 93.5 cm³/mol. The van der Waals surface area contributed by atoms with Crippen LogP contribution >= 0.6 is 23.2 Å². The molecule has 128 valence electrons. The predicted octanol–water partition coefficient (Wildman–Crippen LogP) is 3.46. The SMILES string of the molecule is CCS(=O)(=O)c1cc(OCc2ccc(Cl)c(Cl)c2)ccc1C(N)=O. The van der Waals surface area contributed by atoms with Crippen molar-refractivity contribution in [2.45, 2.75) is 18.4 Å². The third-order valence-electron chi connectivity index (χ3n) is 3.32. The summed E-state index contributed by atoms with van der Waals surface area (Å²) in [5.41, 5.74) is 5.95. The first-order valence-electron chi connectivity index (χ1n) is 6.98. The molecule has 2 aromatic rings. The number of amides is 1. The fourth-order valence-corrected chi connectivity index (χ4v) is 3.44. The Hall–Kier alpha value is -1.76. The zero-order valence-corrected chi connectivity index (χ0v) is 15.1. The van der Waals surface area contributed by atoms with Gasteiger partial charge in [0.15, 0.2) is 9.84 Å². The molecule has 0 saturated heterocycles. The van der Waals surface area contributed by atoms with Crippen molar-refractivity contribution in [3.8, 4) is 5.75 Å². The summed E-state index contributed by atoms with van der Waals surface area (Å²) in [5.74, 6) is -0.653. The van der Waals surface area contributed by atoms with Gasteiger partial charge in [-0.1, -0.05) is 36.2 Å². The molecular formula is C16H15Cl2NO4S. The van der Waals surface area contributed by atoms with Crippen LogP contribution < -0.4 is 10.5 Å². The number of hydrogen-bond donors (Lipinski definition) is 1. The summed E-state index contributed by atoms with van der Waals surface area (Å²) < 4.78 is 29.9. The maximum atomic E-state index is 12.1. The van der Waals surface area contributed by atoms with Crippen LogP contribution in [-0.2, 0) is 16.4 Å². The van der Waals surface area contributed by atoms with Crippen molar-refractivity contribution in [1.82, 2.24) is 0 Å². The van der Waals surface area contributed by atoms with Crippen LogP contribution in [0.5, 0.6) is 5.75 Å². The topological polar surface area (TPSA) is 86.5 Å². The molecular weight excluding hydrogens is 373 g/mol. The lowest BCUT2D eigenvalue weighted by molar-refractivity contribution is 0.0997.